The van der Waals surface area contributed by atoms with Gasteiger partial charge in [0.1, 0.15) is 11.5 Å². The van der Waals surface area contributed by atoms with E-state index < -0.39 is 0 Å². The normalized spacial score (nSPS) is 15.3. The predicted molar refractivity (Wildman–Crippen MR) is 132 cm³/mol. The number of hydrogen-bond donors (Lipinski definition) is 1. The van der Waals surface area contributed by atoms with Crippen LogP contribution in [0.1, 0.15) is 30.0 Å². The fourth-order valence-corrected chi connectivity index (χ4v) is 4.75. The number of aromatic nitrogens is 3. The number of aromatic amines is 1. The number of nitrogens with one attached hydrogen (secondary N) is 1. The largest absolute Gasteiger partial charge is 0.355 e. The summed E-state index contributed by atoms with van der Waals surface area (Å²) in [7, 11) is 4.24. The minimum Gasteiger partial charge on any atom is -0.355 e. The van der Waals surface area contributed by atoms with E-state index in [0.29, 0.717) is 12.5 Å². The van der Waals surface area contributed by atoms with Gasteiger partial charge in [-0.25, -0.2) is 9.97 Å². The molecule has 0 unspecified atom stereocenters. The Morgan fingerprint density at radius 2 is 1.91 bits per heavy atom. The highest BCUT2D eigenvalue weighted by molar-refractivity contribution is 6.31. The number of H-pyrrole nitrogens is 1. The zero-order valence-corrected chi connectivity index (χ0v) is 19.3. The molecule has 0 bridgehead atoms. The molecular weight excluding hydrogens is 418 g/mol. The van der Waals surface area contributed by atoms with Crippen LogP contribution in [0.15, 0.2) is 60.8 Å². The Bertz CT molecular complexity index is 1230. The van der Waals surface area contributed by atoms with Crippen molar-refractivity contribution in [2.24, 2.45) is 0 Å². The van der Waals surface area contributed by atoms with Crippen molar-refractivity contribution in [2.45, 2.75) is 25.3 Å². The van der Waals surface area contributed by atoms with E-state index >= 15 is 0 Å². The fourth-order valence-electron chi connectivity index (χ4n) is 4.56. The molecule has 0 atom stereocenters. The Hall–Kier alpha value is -2.89. The molecule has 0 aliphatic carbocycles. The summed E-state index contributed by atoms with van der Waals surface area (Å²) in [6, 6.07) is 18.5. The van der Waals surface area contributed by atoms with E-state index in [1.165, 1.54) is 18.5 Å². The highest BCUT2D eigenvalue weighted by Gasteiger charge is 2.21. The van der Waals surface area contributed by atoms with Gasteiger partial charge >= 0.3 is 0 Å². The van der Waals surface area contributed by atoms with Crippen LogP contribution < -0.4 is 4.90 Å². The summed E-state index contributed by atoms with van der Waals surface area (Å²) < 4.78 is 0. The summed E-state index contributed by atoms with van der Waals surface area (Å²) in [6.45, 7) is 2.98. The number of pyridine rings is 2. The number of rotatable bonds is 5. The van der Waals surface area contributed by atoms with Gasteiger partial charge in [-0.05, 0) is 68.9 Å². The topological polar surface area (TPSA) is 48.1 Å². The average molecular weight is 446 g/mol. The first-order valence-electron chi connectivity index (χ1n) is 11.2. The maximum Gasteiger partial charge on any atom is 0.138 e. The molecule has 1 aromatic carbocycles. The number of anilines is 1. The molecule has 5 rings (SSSR count). The quantitative estimate of drug-likeness (QED) is 0.426. The summed E-state index contributed by atoms with van der Waals surface area (Å²) >= 11 is 6.36. The molecule has 3 aromatic heterocycles. The smallest absolute Gasteiger partial charge is 0.138 e. The summed E-state index contributed by atoms with van der Waals surface area (Å²) in [4.78, 5) is 17.7. The third kappa shape index (κ3) is 4.23. The molecule has 0 saturated carbocycles. The summed E-state index contributed by atoms with van der Waals surface area (Å²) in [6.07, 6.45) is 4.23. The van der Waals surface area contributed by atoms with Crippen LogP contribution in [-0.2, 0) is 6.54 Å². The average Bonchev–Trinajstić information content (AvgIpc) is 3.25. The number of fused-ring (bicyclic) bond motifs is 1. The van der Waals surface area contributed by atoms with E-state index in [1.54, 1.807) is 0 Å². The third-order valence-corrected chi connectivity index (χ3v) is 6.85. The van der Waals surface area contributed by atoms with Crippen LogP contribution >= 0.6 is 11.6 Å². The van der Waals surface area contributed by atoms with Gasteiger partial charge in [0.15, 0.2) is 0 Å². The number of piperidine rings is 1. The van der Waals surface area contributed by atoms with Crippen molar-refractivity contribution < 1.29 is 0 Å². The maximum absolute atomic E-state index is 6.36. The van der Waals surface area contributed by atoms with Crippen molar-refractivity contribution in [1.82, 2.24) is 19.9 Å². The van der Waals surface area contributed by atoms with Gasteiger partial charge in [-0.2, -0.15) is 0 Å². The zero-order valence-electron chi connectivity index (χ0n) is 18.6. The number of hydrogen-bond acceptors (Lipinski definition) is 4. The molecule has 6 heteroatoms. The lowest BCUT2D eigenvalue weighted by atomic mass is 9.93. The van der Waals surface area contributed by atoms with Crippen LogP contribution in [0.2, 0.25) is 5.02 Å². The molecule has 1 aliphatic heterocycles. The van der Waals surface area contributed by atoms with E-state index in [-0.39, 0.29) is 0 Å². The highest BCUT2D eigenvalue weighted by atomic mass is 35.5. The second-order valence-electron chi connectivity index (χ2n) is 8.75. The van der Waals surface area contributed by atoms with Crippen molar-refractivity contribution in [3.63, 3.8) is 0 Å². The number of benzene rings is 1. The summed E-state index contributed by atoms with van der Waals surface area (Å²) in [5, 5.41) is 1.92. The molecule has 4 heterocycles. The van der Waals surface area contributed by atoms with Crippen LogP contribution in [0.3, 0.4) is 0 Å². The molecule has 32 heavy (non-hydrogen) atoms. The summed E-state index contributed by atoms with van der Waals surface area (Å²) in [5.41, 5.74) is 5.38. The van der Waals surface area contributed by atoms with Crippen molar-refractivity contribution in [1.29, 1.82) is 0 Å². The van der Waals surface area contributed by atoms with Crippen LogP contribution in [0.4, 0.5) is 5.82 Å². The van der Waals surface area contributed by atoms with Gasteiger partial charge in [0.2, 0.25) is 0 Å². The molecule has 5 nitrogen and oxygen atoms in total. The lowest BCUT2D eigenvalue weighted by Gasteiger charge is -2.28. The first-order chi connectivity index (χ1) is 15.6. The van der Waals surface area contributed by atoms with E-state index in [1.807, 2.05) is 37.5 Å². The maximum atomic E-state index is 6.36. The van der Waals surface area contributed by atoms with Gasteiger partial charge in [-0.3, -0.25) is 0 Å². The molecule has 1 aliphatic rings. The van der Waals surface area contributed by atoms with Crippen LogP contribution in [0.25, 0.3) is 22.3 Å². The molecule has 164 valence electrons. The molecule has 0 radical (unpaired) electrons. The van der Waals surface area contributed by atoms with Gasteiger partial charge in [0.05, 0.1) is 5.69 Å². The van der Waals surface area contributed by atoms with Gasteiger partial charge < -0.3 is 14.8 Å². The molecule has 1 saturated heterocycles. The van der Waals surface area contributed by atoms with Crippen molar-refractivity contribution in [2.75, 3.05) is 32.1 Å². The van der Waals surface area contributed by atoms with Crippen molar-refractivity contribution >= 4 is 28.5 Å². The first kappa shape index (κ1) is 21.0. The zero-order chi connectivity index (χ0) is 22.1. The van der Waals surface area contributed by atoms with Gasteiger partial charge in [-0.15, -0.1) is 0 Å². The molecule has 4 aromatic rings. The lowest BCUT2D eigenvalue weighted by molar-refractivity contribution is 0.254. The Kier molecular flexibility index (Phi) is 5.85. The van der Waals surface area contributed by atoms with Gasteiger partial charge in [0, 0.05) is 47.4 Å². The SMILES string of the molecule is CN1CCC(c2cc3c(-c4cccc(N(C)Cc5ccccc5Cl)n4)ccnc3[nH]2)CC1. The number of halogens is 1. The molecular formula is C26H28ClN5. The van der Waals surface area contributed by atoms with Crippen molar-refractivity contribution in [3.8, 4) is 11.3 Å². The Labute approximate surface area is 194 Å². The highest BCUT2D eigenvalue weighted by Crippen LogP contribution is 2.33. The van der Waals surface area contributed by atoms with E-state index in [0.717, 1.165) is 51.8 Å². The van der Waals surface area contributed by atoms with Gasteiger partial charge in [0.25, 0.3) is 0 Å². The second kappa shape index (κ2) is 8.93. The Morgan fingerprint density at radius 1 is 1.09 bits per heavy atom. The Morgan fingerprint density at radius 3 is 2.72 bits per heavy atom. The minimum absolute atomic E-state index is 0.564. The minimum atomic E-state index is 0.564. The standard InChI is InChI=1S/C26H28ClN5/c1-31-14-11-18(12-15-31)24-16-21-20(10-13-28-26(21)30-24)23-8-5-9-25(29-23)32(2)17-19-6-3-4-7-22(19)27/h3-10,13,16,18H,11-12,14-15,17H2,1-2H3,(H,28,30). The van der Waals surface area contributed by atoms with Crippen LogP contribution in [0, 0.1) is 0 Å². The summed E-state index contributed by atoms with van der Waals surface area (Å²) in [5.74, 6) is 1.48. The van der Waals surface area contributed by atoms with Crippen LogP contribution in [-0.4, -0.2) is 47.0 Å². The van der Waals surface area contributed by atoms with E-state index in [2.05, 4.69) is 57.1 Å². The fraction of sp³-hybridized carbons (Fsp3) is 0.308. The number of nitrogens with zero attached hydrogens (tertiary/aromatic N) is 4. The molecule has 0 amide bonds. The van der Waals surface area contributed by atoms with E-state index in [4.69, 9.17) is 16.6 Å². The number of likely N-dealkylation sites (tertiary alicyclic amines) is 1. The van der Waals surface area contributed by atoms with Gasteiger partial charge in [-0.1, -0.05) is 35.9 Å². The monoisotopic (exact) mass is 445 g/mol. The Balaban J connectivity index is 1.44. The van der Waals surface area contributed by atoms with Crippen LogP contribution in [0.5, 0.6) is 0 Å². The predicted octanol–water partition coefficient (Wildman–Crippen LogP) is 5.72. The van der Waals surface area contributed by atoms with Crippen molar-refractivity contribution in [3.05, 3.63) is 77.1 Å². The molecule has 1 fully saturated rings. The first-order valence-corrected chi connectivity index (χ1v) is 11.5. The third-order valence-electron chi connectivity index (χ3n) is 6.48. The lowest BCUT2D eigenvalue weighted by Crippen LogP contribution is -2.29. The molecule has 1 N–H and O–H groups in total. The second-order valence-corrected chi connectivity index (χ2v) is 9.16. The van der Waals surface area contributed by atoms with E-state index in [9.17, 15) is 0 Å². The molecule has 0 spiro atoms.